The fourth-order valence-electron chi connectivity index (χ4n) is 2.92. The van der Waals surface area contributed by atoms with Crippen molar-refractivity contribution in [2.24, 2.45) is 0 Å². The van der Waals surface area contributed by atoms with E-state index in [9.17, 15) is 9.59 Å². The van der Waals surface area contributed by atoms with Gasteiger partial charge < -0.3 is 19.0 Å². The van der Waals surface area contributed by atoms with Gasteiger partial charge >= 0.3 is 11.9 Å². The predicted octanol–water partition coefficient (Wildman–Crippen LogP) is 3.64. The Hall–Kier alpha value is -2.76. The van der Waals surface area contributed by atoms with E-state index in [1.807, 2.05) is 0 Å². The topological polar surface area (TPSA) is 86.0 Å². The monoisotopic (exact) mass is 330 g/mol. The Kier molecular flexibility index (Phi) is 4.55. The largest absolute Gasteiger partial charge is 0.486 e. The number of esters is 1. The third kappa shape index (κ3) is 3.27. The molecule has 0 atom stereocenters. The number of carboxylic acids is 1. The zero-order chi connectivity index (χ0) is 17.1. The lowest BCUT2D eigenvalue weighted by molar-refractivity contribution is -0.131. The second-order valence-electron chi connectivity index (χ2n) is 5.69. The van der Waals surface area contributed by atoms with Crippen molar-refractivity contribution in [3.63, 3.8) is 0 Å². The van der Waals surface area contributed by atoms with Gasteiger partial charge in [0.25, 0.3) is 0 Å². The van der Waals surface area contributed by atoms with Crippen molar-refractivity contribution in [1.29, 1.82) is 0 Å². The Morgan fingerprint density at radius 3 is 2.71 bits per heavy atom. The van der Waals surface area contributed by atoms with Crippen molar-refractivity contribution in [2.75, 3.05) is 7.11 Å². The van der Waals surface area contributed by atoms with Crippen LogP contribution in [-0.4, -0.2) is 30.3 Å². The molecule has 3 rings (SSSR count). The van der Waals surface area contributed by atoms with E-state index >= 15 is 0 Å². The van der Waals surface area contributed by atoms with Gasteiger partial charge in [0.2, 0.25) is 0 Å². The molecule has 1 fully saturated rings. The molecule has 126 valence electrons. The van der Waals surface area contributed by atoms with Gasteiger partial charge in [0.15, 0.2) is 11.3 Å². The molecule has 2 aromatic rings. The first kappa shape index (κ1) is 16.1. The highest BCUT2D eigenvalue weighted by Gasteiger charge is 2.22. The summed E-state index contributed by atoms with van der Waals surface area (Å²) in [5.74, 6) is -0.674. The molecule has 0 bridgehead atoms. The molecular formula is C18H18O6. The molecule has 0 aliphatic heterocycles. The molecule has 0 saturated heterocycles. The van der Waals surface area contributed by atoms with Gasteiger partial charge in [0.1, 0.15) is 5.76 Å². The number of furan rings is 1. The van der Waals surface area contributed by atoms with E-state index < -0.39 is 11.9 Å². The second kappa shape index (κ2) is 6.78. The minimum Gasteiger partial charge on any atom is -0.486 e. The number of fused-ring (bicyclic) bond motifs is 1. The van der Waals surface area contributed by atoms with Crippen LogP contribution < -0.4 is 4.74 Å². The number of ether oxygens (including phenoxy) is 2. The highest BCUT2D eigenvalue weighted by Crippen LogP contribution is 2.35. The van der Waals surface area contributed by atoms with Crippen LogP contribution >= 0.6 is 0 Å². The lowest BCUT2D eigenvalue weighted by atomic mass is 10.1. The molecule has 1 N–H and O–H groups in total. The van der Waals surface area contributed by atoms with Gasteiger partial charge in [-0.25, -0.2) is 9.59 Å². The molecule has 1 aromatic carbocycles. The first-order valence-electron chi connectivity index (χ1n) is 7.81. The lowest BCUT2D eigenvalue weighted by Gasteiger charge is -2.13. The highest BCUT2D eigenvalue weighted by molar-refractivity contribution is 6.05. The van der Waals surface area contributed by atoms with Gasteiger partial charge in [-0.15, -0.1) is 0 Å². The van der Waals surface area contributed by atoms with E-state index in [4.69, 9.17) is 19.0 Å². The summed E-state index contributed by atoms with van der Waals surface area (Å²) in [5.41, 5.74) is 0.778. The standard InChI is InChI=1S/C18H18O6/c1-22-18(21)13-7-8-15(23-11-4-2-3-5-11)17-14(13)10-12(24-17)6-9-16(19)20/h6-11H,2-5H2,1H3,(H,19,20)/b9-6-. The molecule has 1 aliphatic rings. The molecular weight excluding hydrogens is 312 g/mol. The summed E-state index contributed by atoms with van der Waals surface area (Å²) in [5, 5.41) is 9.29. The van der Waals surface area contributed by atoms with E-state index in [-0.39, 0.29) is 6.10 Å². The Bertz CT molecular complexity index is 795. The quantitative estimate of drug-likeness (QED) is 0.665. The molecule has 1 aromatic heterocycles. The van der Waals surface area contributed by atoms with Crippen LogP contribution in [0.15, 0.2) is 28.7 Å². The molecule has 0 unspecified atom stereocenters. The first-order valence-corrected chi connectivity index (χ1v) is 7.81. The number of benzene rings is 1. The maximum atomic E-state index is 11.9. The van der Waals surface area contributed by atoms with Crippen LogP contribution in [0.5, 0.6) is 5.75 Å². The van der Waals surface area contributed by atoms with Crippen LogP contribution in [0.2, 0.25) is 0 Å². The third-order valence-electron chi connectivity index (χ3n) is 4.06. The normalized spacial score (nSPS) is 15.2. The van der Waals surface area contributed by atoms with Crippen LogP contribution in [-0.2, 0) is 9.53 Å². The molecule has 0 radical (unpaired) electrons. The zero-order valence-corrected chi connectivity index (χ0v) is 13.3. The summed E-state index contributed by atoms with van der Waals surface area (Å²) in [6.07, 6.45) is 6.72. The van der Waals surface area contributed by atoms with Gasteiger partial charge in [0.05, 0.1) is 18.8 Å². The van der Waals surface area contributed by atoms with Crippen LogP contribution in [0.3, 0.4) is 0 Å². The molecule has 1 heterocycles. The van der Waals surface area contributed by atoms with Crippen LogP contribution in [0.4, 0.5) is 0 Å². The molecule has 24 heavy (non-hydrogen) atoms. The number of carbonyl (C=O) groups is 2. The maximum Gasteiger partial charge on any atom is 0.338 e. The number of hydrogen-bond donors (Lipinski definition) is 1. The minimum absolute atomic E-state index is 0.139. The van der Waals surface area contributed by atoms with Crippen LogP contribution in [0.25, 0.3) is 17.0 Å². The van der Waals surface area contributed by atoms with Crippen molar-refractivity contribution in [3.05, 3.63) is 35.6 Å². The summed E-state index contributed by atoms with van der Waals surface area (Å²) in [6.45, 7) is 0. The number of methoxy groups -OCH3 is 1. The van der Waals surface area contributed by atoms with Crippen LogP contribution in [0, 0.1) is 0 Å². The summed E-state index contributed by atoms with van der Waals surface area (Å²) in [6, 6.07) is 4.95. The predicted molar refractivity (Wildman–Crippen MR) is 87.1 cm³/mol. The molecule has 6 nitrogen and oxygen atoms in total. The number of aliphatic carboxylic acids is 1. The summed E-state index contributed by atoms with van der Waals surface area (Å²) in [7, 11) is 1.31. The second-order valence-corrected chi connectivity index (χ2v) is 5.69. The third-order valence-corrected chi connectivity index (χ3v) is 4.06. The van der Waals surface area contributed by atoms with Gasteiger partial charge in [0, 0.05) is 11.5 Å². The number of hydrogen-bond acceptors (Lipinski definition) is 5. The molecule has 1 aliphatic carbocycles. The first-order chi connectivity index (χ1) is 11.6. The molecule has 1 saturated carbocycles. The SMILES string of the molecule is COC(=O)c1ccc(OC2CCCC2)c2oc(/C=C\C(=O)O)cc12. The maximum absolute atomic E-state index is 11.9. The van der Waals surface area contributed by atoms with Gasteiger partial charge in [-0.3, -0.25) is 0 Å². The van der Waals surface area contributed by atoms with E-state index in [1.54, 1.807) is 18.2 Å². The van der Waals surface area contributed by atoms with E-state index in [0.29, 0.717) is 28.0 Å². The fraction of sp³-hybridized carbons (Fsp3) is 0.333. The van der Waals surface area contributed by atoms with Gasteiger partial charge in [-0.05, 0) is 50.0 Å². The van der Waals surface area contributed by atoms with Crippen molar-refractivity contribution < 1.29 is 28.6 Å². The Balaban J connectivity index is 2.05. The fourth-order valence-corrected chi connectivity index (χ4v) is 2.92. The van der Waals surface area contributed by atoms with Gasteiger partial charge in [-0.1, -0.05) is 0 Å². The Morgan fingerprint density at radius 1 is 1.29 bits per heavy atom. The average molecular weight is 330 g/mol. The lowest BCUT2D eigenvalue weighted by Crippen LogP contribution is -2.11. The van der Waals surface area contributed by atoms with E-state index in [0.717, 1.165) is 31.8 Å². The van der Waals surface area contributed by atoms with Crippen LogP contribution in [0.1, 0.15) is 41.8 Å². The molecule has 6 heteroatoms. The van der Waals surface area contributed by atoms with Crippen molar-refractivity contribution >= 4 is 29.0 Å². The summed E-state index contributed by atoms with van der Waals surface area (Å²) in [4.78, 5) is 22.6. The number of carboxylic acid groups (broad SMARTS) is 1. The van der Waals surface area contributed by atoms with Crippen molar-refractivity contribution in [3.8, 4) is 5.75 Å². The summed E-state index contributed by atoms with van der Waals surface area (Å²) >= 11 is 0. The van der Waals surface area contributed by atoms with Crippen molar-refractivity contribution in [1.82, 2.24) is 0 Å². The zero-order valence-electron chi connectivity index (χ0n) is 13.3. The van der Waals surface area contributed by atoms with E-state index in [2.05, 4.69) is 0 Å². The number of rotatable bonds is 5. The smallest absolute Gasteiger partial charge is 0.338 e. The Morgan fingerprint density at radius 2 is 2.04 bits per heavy atom. The average Bonchev–Trinajstić information content (AvgIpc) is 3.21. The van der Waals surface area contributed by atoms with E-state index in [1.165, 1.54) is 13.2 Å². The number of carbonyl (C=O) groups excluding carboxylic acids is 1. The molecule has 0 amide bonds. The minimum atomic E-state index is -1.08. The molecule has 0 spiro atoms. The highest BCUT2D eigenvalue weighted by atomic mass is 16.5. The Labute approximate surface area is 138 Å². The summed E-state index contributed by atoms with van der Waals surface area (Å²) < 4.78 is 16.5. The van der Waals surface area contributed by atoms with Crippen molar-refractivity contribution in [2.45, 2.75) is 31.8 Å². The van der Waals surface area contributed by atoms with Gasteiger partial charge in [-0.2, -0.15) is 0 Å².